The van der Waals surface area contributed by atoms with Crippen molar-refractivity contribution in [2.45, 2.75) is 78.2 Å². The zero-order valence-corrected chi connectivity index (χ0v) is 14.9. The lowest BCUT2D eigenvalue weighted by atomic mass is 9.76. The van der Waals surface area contributed by atoms with Crippen LogP contribution in [-0.4, -0.2) is 11.5 Å². The summed E-state index contributed by atoms with van der Waals surface area (Å²) in [5.74, 6) is 1.61. The molecule has 118 valence electrons. The molecule has 0 aliphatic heterocycles. The first-order valence-electron chi connectivity index (χ1n) is 8.71. The lowest BCUT2D eigenvalue weighted by molar-refractivity contribution is 0.260. The van der Waals surface area contributed by atoms with E-state index in [1.807, 2.05) is 11.3 Å². The molecule has 21 heavy (non-hydrogen) atoms. The quantitative estimate of drug-likeness (QED) is 0.844. The van der Waals surface area contributed by atoms with Crippen molar-refractivity contribution in [2.24, 2.45) is 11.3 Å². The Morgan fingerprint density at radius 1 is 1.33 bits per heavy atom. The molecule has 1 heterocycles. The van der Waals surface area contributed by atoms with E-state index in [-0.39, 0.29) is 0 Å². The van der Waals surface area contributed by atoms with Gasteiger partial charge in [-0.1, -0.05) is 40.5 Å². The summed E-state index contributed by atoms with van der Waals surface area (Å²) in [6.45, 7) is 10.5. The molecule has 2 aliphatic rings. The summed E-state index contributed by atoms with van der Waals surface area (Å²) in [4.78, 5) is 6.66. The fourth-order valence-corrected chi connectivity index (χ4v) is 5.50. The largest absolute Gasteiger partial charge is 0.309 e. The van der Waals surface area contributed by atoms with Gasteiger partial charge in [-0.15, -0.1) is 11.3 Å². The van der Waals surface area contributed by atoms with E-state index in [0.29, 0.717) is 11.5 Å². The Morgan fingerprint density at radius 3 is 2.86 bits per heavy atom. The average Bonchev–Trinajstić information content (AvgIpc) is 2.81. The first-order valence-corrected chi connectivity index (χ1v) is 9.53. The van der Waals surface area contributed by atoms with Crippen LogP contribution in [-0.2, 0) is 6.42 Å². The van der Waals surface area contributed by atoms with Crippen molar-refractivity contribution >= 4 is 11.3 Å². The maximum Gasteiger partial charge on any atom is 0.0962 e. The summed E-state index contributed by atoms with van der Waals surface area (Å²) in [6.07, 6.45) is 7.90. The predicted octanol–water partition coefficient (Wildman–Crippen LogP) is 5.06. The number of hydrogen-bond acceptors (Lipinski definition) is 3. The monoisotopic (exact) mass is 306 g/mol. The predicted molar refractivity (Wildman–Crippen MR) is 91.0 cm³/mol. The first kappa shape index (κ1) is 15.5. The Morgan fingerprint density at radius 2 is 2.14 bits per heavy atom. The average molecular weight is 307 g/mol. The Balaban J connectivity index is 1.86. The zero-order chi connectivity index (χ0) is 15.0. The van der Waals surface area contributed by atoms with Crippen LogP contribution in [0.1, 0.15) is 87.3 Å². The highest BCUT2D eigenvalue weighted by molar-refractivity contribution is 7.12. The molecule has 3 atom stereocenters. The van der Waals surface area contributed by atoms with Crippen molar-refractivity contribution in [3.05, 3.63) is 15.6 Å². The van der Waals surface area contributed by atoms with Crippen molar-refractivity contribution in [2.75, 3.05) is 6.54 Å². The summed E-state index contributed by atoms with van der Waals surface area (Å²) in [7, 11) is 0. The molecule has 0 bridgehead atoms. The molecule has 0 spiro atoms. The standard InChI is InChI=1S/C18H30N2S/c1-5-19-14-10-18(3,4)11-15-16(14)21-17(20-15)13-8-6-7-12(2)9-13/h12-14,19H,5-11H2,1-4H3. The van der Waals surface area contributed by atoms with E-state index in [1.165, 1.54) is 42.8 Å². The molecule has 3 rings (SSSR count). The van der Waals surface area contributed by atoms with E-state index in [1.54, 1.807) is 4.88 Å². The van der Waals surface area contributed by atoms with Crippen LogP contribution in [0.4, 0.5) is 0 Å². The molecule has 3 heteroatoms. The molecule has 1 aromatic heterocycles. The van der Waals surface area contributed by atoms with Crippen molar-refractivity contribution in [1.82, 2.24) is 10.3 Å². The molecule has 0 amide bonds. The van der Waals surface area contributed by atoms with Gasteiger partial charge in [-0.3, -0.25) is 0 Å². The number of rotatable bonds is 3. The first-order chi connectivity index (χ1) is 9.98. The van der Waals surface area contributed by atoms with Crippen LogP contribution in [0.5, 0.6) is 0 Å². The van der Waals surface area contributed by atoms with Crippen LogP contribution in [0, 0.1) is 11.3 Å². The Hall–Kier alpha value is -0.410. The highest BCUT2D eigenvalue weighted by Gasteiger charge is 2.35. The van der Waals surface area contributed by atoms with Crippen molar-refractivity contribution < 1.29 is 0 Å². The van der Waals surface area contributed by atoms with E-state index in [9.17, 15) is 0 Å². The molecule has 1 aromatic rings. The Labute approximate surface area is 133 Å². The lowest BCUT2D eigenvalue weighted by Crippen LogP contribution is -2.32. The normalized spacial score (nSPS) is 31.9. The molecule has 0 saturated heterocycles. The maximum absolute atomic E-state index is 5.12. The third kappa shape index (κ3) is 3.34. The van der Waals surface area contributed by atoms with Crippen LogP contribution in [0.2, 0.25) is 0 Å². The zero-order valence-electron chi connectivity index (χ0n) is 14.0. The lowest BCUT2D eigenvalue weighted by Gasteiger charge is -2.34. The SMILES string of the molecule is CCNC1CC(C)(C)Cc2nc(C3CCCC(C)C3)sc21. The minimum Gasteiger partial charge on any atom is -0.309 e. The van der Waals surface area contributed by atoms with E-state index in [0.717, 1.165) is 24.8 Å². The van der Waals surface area contributed by atoms with Gasteiger partial charge < -0.3 is 5.32 Å². The second-order valence-electron chi connectivity index (χ2n) is 7.99. The maximum atomic E-state index is 5.12. The molecule has 1 fully saturated rings. The Bertz CT molecular complexity index is 491. The van der Waals surface area contributed by atoms with Crippen molar-refractivity contribution in [3.63, 3.8) is 0 Å². The van der Waals surface area contributed by atoms with Crippen LogP contribution in [0.15, 0.2) is 0 Å². The van der Waals surface area contributed by atoms with Gasteiger partial charge in [-0.2, -0.15) is 0 Å². The third-order valence-electron chi connectivity index (χ3n) is 5.20. The fraction of sp³-hybridized carbons (Fsp3) is 0.833. The summed E-state index contributed by atoms with van der Waals surface area (Å²) in [5, 5.41) is 5.13. The minimum absolute atomic E-state index is 0.380. The van der Waals surface area contributed by atoms with Crippen molar-refractivity contribution in [3.8, 4) is 0 Å². The highest BCUT2D eigenvalue weighted by atomic mass is 32.1. The molecule has 0 aromatic carbocycles. The fourth-order valence-electron chi connectivity index (χ4n) is 4.20. The van der Waals surface area contributed by atoms with Gasteiger partial charge in [0.1, 0.15) is 0 Å². The second kappa shape index (κ2) is 6.00. The molecule has 2 aliphatic carbocycles. The van der Waals surface area contributed by atoms with Gasteiger partial charge in [-0.05, 0) is 43.6 Å². The van der Waals surface area contributed by atoms with Crippen LogP contribution in [0.25, 0.3) is 0 Å². The van der Waals surface area contributed by atoms with E-state index in [2.05, 4.69) is 33.0 Å². The van der Waals surface area contributed by atoms with Gasteiger partial charge in [0.15, 0.2) is 0 Å². The summed E-state index contributed by atoms with van der Waals surface area (Å²) in [6, 6.07) is 0.529. The molecule has 3 unspecified atom stereocenters. The number of nitrogens with one attached hydrogen (secondary N) is 1. The van der Waals surface area contributed by atoms with Gasteiger partial charge in [0.25, 0.3) is 0 Å². The second-order valence-corrected chi connectivity index (χ2v) is 9.05. The molecule has 2 nitrogen and oxygen atoms in total. The van der Waals surface area contributed by atoms with E-state index >= 15 is 0 Å². The molecule has 0 radical (unpaired) electrons. The molecule has 1 N–H and O–H groups in total. The third-order valence-corrected chi connectivity index (χ3v) is 6.57. The van der Waals surface area contributed by atoms with Gasteiger partial charge in [0.05, 0.1) is 10.7 Å². The molecular formula is C18H30N2S. The van der Waals surface area contributed by atoms with E-state index in [4.69, 9.17) is 4.98 Å². The van der Waals surface area contributed by atoms with Crippen LogP contribution >= 0.6 is 11.3 Å². The number of aromatic nitrogens is 1. The topological polar surface area (TPSA) is 24.9 Å². The smallest absolute Gasteiger partial charge is 0.0962 e. The molecule has 1 saturated carbocycles. The van der Waals surface area contributed by atoms with Gasteiger partial charge in [-0.25, -0.2) is 4.98 Å². The number of fused-ring (bicyclic) bond motifs is 1. The summed E-state index contributed by atoms with van der Waals surface area (Å²) in [5.41, 5.74) is 1.78. The number of thiazole rings is 1. The van der Waals surface area contributed by atoms with Gasteiger partial charge in [0, 0.05) is 16.8 Å². The van der Waals surface area contributed by atoms with Gasteiger partial charge >= 0.3 is 0 Å². The summed E-state index contributed by atoms with van der Waals surface area (Å²) < 4.78 is 0. The highest BCUT2D eigenvalue weighted by Crippen LogP contribution is 2.46. The van der Waals surface area contributed by atoms with E-state index < -0.39 is 0 Å². The van der Waals surface area contributed by atoms with Crippen molar-refractivity contribution in [1.29, 1.82) is 0 Å². The number of hydrogen-bond donors (Lipinski definition) is 1. The van der Waals surface area contributed by atoms with Crippen LogP contribution < -0.4 is 5.32 Å². The molecular weight excluding hydrogens is 276 g/mol. The summed E-state index contributed by atoms with van der Waals surface area (Å²) >= 11 is 2.02. The van der Waals surface area contributed by atoms with Gasteiger partial charge in [0.2, 0.25) is 0 Å². The minimum atomic E-state index is 0.380. The van der Waals surface area contributed by atoms with Crippen LogP contribution in [0.3, 0.4) is 0 Å². The number of nitrogens with zero attached hydrogens (tertiary/aromatic N) is 1. The Kier molecular flexibility index (Phi) is 4.42.